The molecule has 92 valence electrons. The van der Waals surface area contributed by atoms with Gasteiger partial charge < -0.3 is 10.2 Å². The van der Waals surface area contributed by atoms with Crippen molar-refractivity contribution in [2.45, 2.75) is 0 Å². The van der Waals surface area contributed by atoms with Gasteiger partial charge in [-0.15, -0.1) is 0 Å². The van der Waals surface area contributed by atoms with E-state index in [4.69, 9.17) is 0 Å². The van der Waals surface area contributed by atoms with Crippen LogP contribution in [0.15, 0.2) is 40.9 Å². The summed E-state index contributed by atoms with van der Waals surface area (Å²) in [6, 6.07) is 8.48. The highest BCUT2D eigenvalue weighted by Crippen LogP contribution is 2.41. The molecule has 2 N–H and O–H groups in total. The van der Waals surface area contributed by atoms with E-state index in [1.807, 2.05) is 0 Å². The Hall–Kier alpha value is -2.08. The topological polar surface area (TPSA) is 83.6 Å². The van der Waals surface area contributed by atoms with Crippen LogP contribution in [-0.2, 0) is 0 Å². The van der Waals surface area contributed by atoms with Crippen molar-refractivity contribution in [1.29, 1.82) is 0 Å². The van der Waals surface area contributed by atoms with Gasteiger partial charge >= 0.3 is 0 Å². The van der Waals surface area contributed by atoms with Gasteiger partial charge in [0.05, 0.1) is 10.5 Å². The summed E-state index contributed by atoms with van der Waals surface area (Å²) in [4.78, 5) is 10.1. The second-order valence-corrected chi connectivity index (χ2v) is 4.45. The van der Waals surface area contributed by atoms with E-state index in [0.29, 0.717) is 10.0 Å². The number of hydrogen-bond acceptors (Lipinski definition) is 4. The minimum Gasteiger partial charge on any atom is -0.507 e. The van der Waals surface area contributed by atoms with Crippen LogP contribution in [0.2, 0.25) is 0 Å². The number of benzene rings is 2. The zero-order chi connectivity index (χ0) is 13.3. The third-order valence-electron chi connectivity index (χ3n) is 2.45. The Bertz CT molecular complexity index is 607. The molecule has 0 unspecified atom stereocenters. The second-order valence-electron chi connectivity index (χ2n) is 3.59. The maximum Gasteiger partial charge on any atom is 0.270 e. The van der Waals surface area contributed by atoms with Crippen molar-refractivity contribution in [1.82, 2.24) is 0 Å². The van der Waals surface area contributed by atoms with E-state index < -0.39 is 4.92 Å². The molecule has 0 aliphatic carbocycles. The maximum absolute atomic E-state index is 10.6. The van der Waals surface area contributed by atoms with Crippen molar-refractivity contribution in [3.8, 4) is 22.6 Å². The molecule has 0 saturated carbocycles. The highest BCUT2D eigenvalue weighted by Gasteiger charge is 2.15. The van der Waals surface area contributed by atoms with E-state index >= 15 is 0 Å². The Morgan fingerprint density at radius 3 is 2.22 bits per heavy atom. The van der Waals surface area contributed by atoms with Crippen LogP contribution < -0.4 is 0 Å². The Morgan fingerprint density at radius 2 is 1.72 bits per heavy atom. The summed E-state index contributed by atoms with van der Waals surface area (Å²) < 4.78 is 0.425. The van der Waals surface area contributed by atoms with Gasteiger partial charge in [-0.1, -0.05) is 6.07 Å². The SMILES string of the molecule is O=[N+]([O-])c1ccc(-c2c(O)cccc2O)c(Br)c1. The molecule has 18 heavy (non-hydrogen) atoms. The lowest BCUT2D eigenvalue weighted by atomic mass is 10.0. The van der Waals surface area contributed by atoms with Crippen LogP contribution in [0.3, 0.4) is 0 Å². The summed E-state index contributed by atoms with van der Waals surface area (Å²) in [5.74, 6) is -0.186. The van der Waals surface area contributed by atoms with Crippen LogP contribution in [0.25, 0.3) is 11.1 Å². The van der Waals surface area contributed by atoms with Crippen LogP contribution in [0.1, 0.15) is 0 Å². The van der Waals surface area contributed by atoms with Gasteiger partial charge in [-0.05, 0) is 34.1 Å². The van der Waals surface area contributed by atoms with Crippen molar-refractivity contribution < 1.29 is 15.1 Å². The number of nitro groups is 1. The highest BCUT2D eigenvalue weighted by atomic mass is 79.9. The fraction of sp³-hybridized carbons (Fsp3) is 0. The van der Waals surface area contributed by atoms with Gasteiger partial charge in [0.2, 0.25) is 0 Å². The number of aromatic hydroxyl groups is 2. The molecule has 6 heteroatoms. The van der Waals surface area contributed by atoms with Crippen LogP contribution >= 0.6 is 15.9 Å². The number of hydrogen-bond donors (Lipinski definition) is 2. The van der Waals surface area contributed by atoms with E-state index in [-0.39, 0.29) is 22.7 Å². The van der Waals surface area contributed by atoms with Crippen LogP contribution in [0.5, 0.6) is 11.5 Å². The van der Waals surface area contributed by atoms with E-state index in [1.54, 1.807) is 0 Å². The van der Waals surface area contributed by atoms with E-state index in [2.05, 4.69) is 15.9 Å². The molecule has 0 radical (unpaired) electrons. The largest absolute Gasteiger partial charge is 0.507 e. The molecule has 2 rings (SSSR count). The molecule has 0 aliphatic heterocycles. The first-order valence-corrected chi connectivity index (χ1v) is 5.75. The Morgan fingerprint density at radius 1 is 1.11 bits per heavy atom. The molecule has 0 amide bonds. The fourth-order valence-corrected chi connectivity index (χ4v) is 2.19. The van der Waals surface area contributed by atoms with Gasteiger partial charge in [0.1, 0.15) is 11.5 Å². The monoisotopic (exact) mass is 309 g/mol. The van der Waals surface area contributed by atoms with Gasteiger partial charge in [-0.3, -0.25) is 10.1 Å². The number of phenolic OH excluding ortho intramolecular Hbond substituents is 2. The van der Waals surface area contributed by atoms with Gasteiger partial charge in [0, 0.05) is 22.2 Å². The number of rotatable bonds is 2. The first-order chi connectivity index (χ1) is 8.50. The normalized spacial score (nSPS) is 10.3. The standard InChI is InChI=1S/C12H8BrNO4/c13-9-6-7(14(17)18)4-5-8(9)12-10(15)2-1-3-11(12)16/h1-6,15-16H. The predicted octanol–water partition coefficient (Wildman–Crippen LogP) is 3.44. The number of phenols is 2. The first kappa shape index (κ1) is 12.4. The lowest BCUT2D eigenvalue weighted by Crippen LogP contribution is -1.89. The molecule has 0 atom stereocenters. The van der Waals surface area contributed by atoms with Crippen LogP contribution in [0.4, 0.5) is 5.69 Å². The molecule has 5 nitrogen and oxygen atoms in total. The lowest BCUT2D eigenvalue weighted by molar-refractivity contribution is -0.384. The van der Waals surface area contributed by atoms with Crippen LogP contribution in [-0.4, -0.2) is 15.1 Å². The van der Waals surface area contributed by atoms with Crippen molar-refractivity contribution >= 4 is 21.6 Å². The van der Waals surface area contributed by atoms with Gasteiger partial charge in [0.15, 0.2) is 0 Å². The highest BCUT2D eigenvalue weighted by molar-refractivity contribution is 9.10. The molecule has 2 aromatic rings. The third-order valence-corrected chi connectivity index (χ3v) is 3.11. The van der Waals surface area contributed by atoms with Gasteiger partial charge in [-0.2, -0.15) is 0 Å². The predicted molar refractivity (Wildman–Crippen MR) is 69.6 cm³/mol. The molecule has 0 saturated heterocycles. The summed E-state index contributed by atoms with van der Waals surface area (Å²) in [6.45, 7) is 0. The number of nitrogens with zero attached hydrogens (tertiary/aromatic N) is 1. The maximum atomic E-state index is 10.6. The minimum atomic E-state index is -0.515. The number of non-ortho nitro benzene ring substituents is 1. The quantitative estimate of drug-likeness (QED) is 0.657. The molecular weight excluding hydrogens is 302 g/mol. The number of nitro benzene ring substituents is 1. The van der Waals surface area contributed by atoms with E-state index in [9.17, 15) is 20.3 Å². The first-order valence-electron chi connectivity index (χ1n) is 4.96. The molecule has 0 fully saturated rings. The molecule has 0 bridgehead atoms. The van der Waals surface area contributed by atoms with E-state index in [1.165, 1.54) is 36.4 Å². The second kappa shape index (κ2) is 4.66. The zero-order valence-electron chi connectivity index (χ0n) is 9.00. The summed E-state index contributed by atoms with van der Waals surface area (Å²) in [5, 5.41) is 30.1. The molecular formula is C12H8BrNO4. The van der Waals surface area contributed by atoms with E-state index in [0.717, 1.165) is 0 Å². The Labute approximate surface area is 111 Å². The average molecular weight is 310 g/mol. The van der Waals surface area contributed by atoms with Crippen molar-refractivity contribution in [2.24, 2.45) is 0 Å². The molecule has 0 heterocycles. The lowest BCUT2D eigenvalue weighted by Gasteiger charge is -2.09. The molecule has 0 aliphatic rings. The zero-order valence-corrected chi connectivity index (χ0v) is 10.6. The third kappa shape index (κ3) is 2.14. The minimum absolute atomic E-state index is 0.0689. The summed E-state index contributed by atoms with van der Waals surface area (Å²) >= 11 is 3.19. The van der Waals surface area contributed by atoms with Crippen molar-refractivity contribution in [3.63, 3.8) is 0 Å². The Kier molecular flexibility index (Phi) is 3.20. The molecule has 0 spiro atoms. The van der Waals surface area contributed by atoms with Crippen molar-refractivity contribution in [3.05, 3.63) is 51.0 Å². The fourth-order valence-electron chi connectivity index (χ4n) is 1.62. The number of halogens is 1. The van der Waals surface area contributed by atoms with Gasteiger partial charge in [0.25, 0.3) is 5.69 Å². The van der Waals surface area contributed by atoms with Crippen LogP contribution in [0, 0.1) is 10.1 Å². The van der Waals surface area contributed by atoms with Crippen molar-refractivity contribution in [2.75, 3.05) is 0 Å². The molecule has 2 aromatic carbocycles. The molecule has 0 aromatic heterocycles. The summed E-state index contributed by atoms with van der Waals surface area (Å²) in [6.07, 6.45) is 0. The smallest absolute Gasteiger partial charge is 0.270 e. The average Bonchev–Trinajstić information content (AvgIpc) is 2.30. The summed E-state index contributed by atoms with van der Waals surface area (Å²) in [5.41, 5.74) is 0.649. The summed E-state index contributed by atoms with van der Waals surface area (Å²) in [7, 11) is 0. The van der Waals surface area contributed by atoms with Gasteiger partial charge in [-0.25, -0.2) is 0 Å². The Balaban J connectivity index is 2.62.